The van der Waals surface area contributed by atoms with E-state index in [4.69, 9.17) is 21.6 Å². The predicted octanol–water partition coefficient (Wildman–Crippen LogP) is 4.84. The first kappa shape index (κ1) is 16.3. The van der Waals surface area contributed by atoms with Crippen molar-refractivity contribution in [2.75, 3.05) is 6.61 Å². The molecule has 0 atom stereocenters. The molecule has 0 aliphatic heterocycles. The summed E-state index contributed by atoms with van der Waals surface area (Å²) in [6.07, 6.45) is 3.63. The van der Waals surface area contributed by atoms with Crippen molar-refractivity contribution < 1.29 is 9.53 Å². The van der Waals surface area contributed by atoms with Crippen LogP contribution in [0.5, 0.6) is 5.75 Å². The summed E-state index contributed by atoms with van der Waals surface area (Å²) < 4.78 is 5.63. The van der Waals surface area contributed by atoms with E-state index in [2.05, 4.69) is 6.07 Å². The van der Waals surface area contributed by atoms with Crippen LogP contribution in [0.1, 0.15) is 34.3 Å². The van der Waals surface area contributed by atoms with Gasteiger partial charge in [0.25, 0.3) is 0 Å². The van der Waals surface area contributed by atoms with Gasteiger partial charge in [-0.15, -0.1) is 0 Å². The quantitative estimate of drug-likeness (QED) is 0.579. The van der Waals surface area contributed by atoms with E-state index in [1.807, 2.05) is 42.5 Å². The van der Waals surface area contributed by atoms with Gasteiger partial charge in [-0.3, -0.25) is 4.79 Å². The minimum absolute atomic E-state index is 0.0350. The second-order valence-corrected chi connectivity index (χ2v) is 6.03. The molecule has 3 rings (SSSR count). The Kier molecular flexibility index (Phi) is 4.98. The summed E-state index contributed by atoms with van der Waals surface area (Å²) in [5, 5.41) is 9.17. The molecule has 0 unspecified atom stereocenters. The van der Waals surface area contributed by atoms with Crippen LogP contribution in [0.3, 0.4) is 0 Å². The highest BCUT2D eigenvalue weighted by Crippen LogP contribution is 2.32. The number of Topliss-reactive ketones (excluding diaryl/α,β-unsaturated/α-hetero) is 1. The number of unbranched alkanes of at least 4 members (excludes halogenated alkanes) is 1. The highest BCUT2D eigenvalue weighted by atomic mass is 35.5. The Morgan fingerprint density at radius 3 is 2.88 bits per heavy atom. The van der Waals surface area contributed by atoms with Crippen LogP contribution >= 0.6 is 11.6 Å². The molecule has 0 heterocycles. The molecular weight excluding hydrogens is 322 g/mol. The van der Waals surface area contributed by atoms with E-state index in [1.165, 1.54) is 0 Å². The van der Waals surface area contributed by atoms with Crippen molar-refractivity contribution in [3.8, 4) is 11.8 Å². The highest BCUT2D eigenvalue weighted by molar-refractivity contribution is 6.33. The van der Waals surface area contributed by atoms with Gasteiger partial charge in [0.2, 0.25) is 0 Å². The molecule has 2 aromatic carbocycles. The molecular formula is C20H16ClNO2. The Hall–Kier alpha value is -2.57. The summed E-state index contributed by atoms with van der Waals surface area (Å²) in [6.45, 7) is 0.508. The minimum Gasteiger partial charge on any atom is -0.494 e. The van der Waals surface area contributed by atoms with Crippen LogP contribution < -0.4 is 4.74 Å². The van der Waals surface area contributed by atoms with Gasteiger partial charge in [-0.25, -0.2) is 0 Å². The van der Waals surface area contributed by atoms with Crippen molar-refractivity contribution in [2.45, 2.75) is 19.3 Å². The van der Waals surface area contributed by atoms with Crippen LogP contribution in [0.15, 0.2) is 48.0 Å². The molecule has 4 heteroatoms. The number of ether oxygens (including phenoxy) is 1. The van der Waals surface area contributed by atoms with Crippen LogP contribution in [0.4, 0.5) is 0 Å². The van der Waals surface area contributed by atoms with Gasteiger partial charge >= 0.3 is 0 Å². The normalized spacial score (nSPS) is 14.5. The number of nitriles is 1. The smallest absolute Gasteiger partial charge is 0.189 e. The van der Waals surface area contributed by atoms with Crippen molar-refractivity contribution in [2.24, 2.45) is 0 Å². The standard InChI is InChI=1S/C20H16ClNO2/c21-19-8-4-7-17-18(19)13-15(20(17)23)11-14-5-3-6-16(12-14)24-10-2-1-9-22/h3-8,11-12H,1-2,10,13H2/b15-11+. The lowest BCUT2D eigenvalue weighted by atomic mass is 10.1. The molecule has 1 aliphatic rings. The number of hydrogen-bond donors (Lipinski definition) is 0. The Bertz CT molecular complexity index is 849. The average molecular weight is 338 g/mol. The molecule has 1 aliphatic carbocycles. The maximum Gasteiger partial charge on any atom is 0.189 e. The number of rotatable bonds is 5. The molecule has 24 heavy (non-hydrogen) atoms. The van der Waals surface area contributed by atoms with Gasteiger partial charge in [0.1, 0.15) is 5.75 Å². The van der Waals surface area contributed by atoms with E-state index in [0.717, 1.165) is 22.4 Å². The summed E-state index contributed by atoms with van der Waals surface area (Å²) in [5.41, 5.74) is 3.25. The first-order valence-corrected chi connectivity index (χ1v) is 8.19. The molecule has 2 aromatic rings. The zero-order chi connectivity index (χ0) is 16.9. The molecule has 0 saturated carbocycles. The lowest BCUT2D eigenvalue weighted by Gasteiger charge is -2.05. The van der Waals surface area contributed by atoms with Crippen molar-refractivity contribution in [1.82, 2.24) is 0 Å². The number of nitrogens with zero attached hydrogens (tertiary/aromatic N) is 1. The molecule has 0 N–H and O–H groups in total. The van der Waals surface area contributed by atoms with Gasteiger partial charge in [0.15, 0.2) is 5.78 Å². The number of hydrogen-bond acceptors (Lipinski definition) is 3. The van der Waals surface area contributed by atoms with Crippen molar-refractivity contribution >= 4 is 23.5 Å². The molecule has 120 valence electrons. The van der Waals surface area contributed by atoms with Gasteiger partial charge < -0.3 is 4.74 Å². The molecule has 0 aromatic heterocycles. The van der Waals surface area contributed by atoms with Gasteiger partial charge in [0, 0.05) is 29.0 Å². The Labute approximate surface area is 146 Å². The summed E-state index contributed by atoms with van der Waals surface area (Å²) in [4.78, 5) is 12.5. The van der Waals surface area contributed by atoms with Crippen LogP contribution in [0.25, 0.3) is 6.08 Å². The summed E-state index contributed by atoms with van der Waals surface area (Å²) in [5.74, 6) is 0.774. The molecule has 0 bridgehead atoms. The first-order chi connectivity index (χ1) is 11.7. The van der Waals surface area contributed by atoms with Gasteiger partial charge in [0.05, 0.1) is 12.7 Å². The number of ketones is 1. The molecule has 3 nitrogen and oxygen atoms in total. The lowest BCUT2D eigenvalue weighted by Crippen LogP contribution is -1.97. The number of carbonyl (C=O) groups excluding carboxylic acids is 1. The molecule has 0 spiro atoms. The van der Waals surface area contributed by atoms with E-state index in [9.17, 15) is 4.79 Å². The number of benzene rings is 2. The average Bonchev–Trinajstić information content (AvgIpc) is 2.90. The largest absolute Gasteiger partial charge is 0.494 e. The Morgan fingerprint density at radius 1 is 1.25 bits per heavy atom. The van der Waals surface area contributed by atoms with E-state index in [0.29, 0.717) is 36.5 Å². The summed E-state index contributed by atoms with van der Waals surface area (Å²) in [6, 6.07) is 15.1. The topological polar surface area (TPSA) is 50.1 Å². The Morgan fingerprint density at radius 2 is 2.08 bits per heavy atom. The second-order valence-electron chi connectivity index (χ2n) is 5.62. The van der Waals surface area contributed by atoms with Gasteiger partial charge in [-0.2, -0.15) is 5.26 Å². The Balaban J connectivity index is 1.77. The fourth-order valence-corrected chi connectivity index (χ4v) is 2.99. The van der Waals surface area contributed by atoms with Crippen LogP contribution in [0, 0.1) is 11.3 Å². The van der Waals surface area contributed by atoms with Crippen molar-refractivity contribution in [1.29, 1.82) is 5.26 Å². The number of fused-ring (bicyclic) bond motifs is 1. The zero-order valence-electron chi connectivity index (χ0n) is 13.1. The second kappa shape index (κ2) is 7.33. The SMILES string of the molecule is N#CCCCOc1cccc(/C=C2\Cc3c(Cl)cccc3C2=O)c1. The molecule has 0 saturated heterocycles. The van der Waals surface area contributed by atoms with Crippen LogP contribution in [0.2, 0.25) is 5.02 Å². The van der Waals surface area contributed by atoms with Gasteiger partial charge in [-0.05, 0) is 41.8 Å². The number of allylic oxidation sites excluding steroid dienone is 1. The van der Waals surface area contributed by atoms with E-state index < -0.39 is 0 Å². The number of halogens is 1. The monoisotopic (exact) mass is 337 g/mol. The fraction of sp³-hybridized carbons (Fsp3) is 0.200. The minimum atomic E-state index is 0.0350. The molecule has 0 amide bonds. The van der Waals surface area contributed by atoms with Crippen molar-refractivity contribution in [3.63, 3.8) is 0 Å². The highest BCUT2D eigenvalue weighted by Gasteiger charge is 2.26. The van der Waals surface area contributed by atoms with E-state index in [1.54, 1.807) is 6.07 Å². The van der Waals surface area contributed by atoms with Crippen molar-refractivity contribution in [3.05, 3.63) is 69.8 Å². The van der Waals surface area contributed by atoms with Gasteiger partial charge in [-0.1, -0.05) is 35.9 Å². The summed E-state index contributed by atoms with van der Waals surface area (Å²) in [7, 11) is 0. The lowest BCUT2D eigenvalue weighted by molar-refractivity contribution is 0.104. The third kappa shape index (κ3) is 3.50. The van der Waals surface area contributed by atoms with Crippen LogP contribution in [-0.2, 0) is 6.42 Å². The van der Waals surface area contributed by atoms with E-state index in [-0.39, 0.29) is 5.78 Å². The first-order valence-electron chi connectivity index (χ1n) is 7.81. The third-order valence-electron chi connectivity index (χ3n) is 3.92. The zero-order valence-corrected chi connectivity index (χ0v) is 13.8. The fourth-order valence-electron chi connectivity index (χ4n) is 2.75. The summed E-state index contributed by atoms with van der Waals surface area (Å²) >= 11 is 6.19. The van der Waals surface area contributed by atoms with Crippen LogP contribution in [-0.4, -0.2) is 12.4 Å². The number of carbonyl (C=O) groups is 1. The molecule has 0 fully saturated rings. The molecule has 0 radical (unpaired) electrons. The maximum absolute atomic E-state index is 12.5. The van der Waals surface area contributed by atoms with E-state index >= 15 is 0 Å². The predicted molar refractivity (Wildman–Crippen MR) is 94.2 cm³/mol. The maximum atomic E-state index is 12.5. The third-order valence-corrected chi connectivity index (χ3v) is 4.28.